The number of piperidine rings is 1. The van der Waals surface area contributed by atoms with Crippen LogP contribution in [0, 0.1) is 12.3 Å². The fourth-order valence-corrected chi connectivity index (χ4v) is 5.08. The molecule has 28 heavy (non-hydrogen) atoms. The van der Waals surface area contributed by atoms with Gasteiger partial charge in [-0.15, -0.1) is 12.3 Å². The van der Waals surface area contributed by atoms with Gasteiger partial charge in [0.25, 0.3) is 0 Å². The number of sulfonamides is 1. The predicted molar refractivity (Wildman–Crippen MR) is 107 cm³/mol. The summed E-state index contributed by atoms with van der Waals surface area (Å²) in [6.45, 7) is 0.812. The van der Waals surface area contributed by atoms with Crippen molar-refractivity contribution in [1.82, 2.24) is 9.62 Å². The average Bonchev–Trinajstić information content (AvgIpc) is 3.46. The van der Waals surface area contributed by atoms with Crippen molar-refractivity contribution in [2.24, 2.45) is 10.2 Å². The van der Waals surface area contributed by atoms with E-state index in [9.17, 15) is 13.2 Å². The number of carbonyl (C=O) groups excluding carboxylic acids is 1. The van der Waals surface area contributed by atoms with Gasteiger partial charge in [-0.3, -0.25) is 4.79 Å². The summed E-state index contributed by atoms with van der Waals surface area (Å²) in [6, 6.07) is 8.98. The Morgan fingerprint density at radius 3 is 2.71 bits per heavy atom. The highest BCUT2D eigenvalue weighted by Gasteiger charge is 2.39. The molecule has 2 heterocycles. The van der Waals surface area contributed by atoms with Crippen LogP contribution < -0.4 is 5.32 Å². The maximum Gasteiger partial charge on any atom is 0.220 e. The lowest BCUT2D eigenvalue weighted by molar-refractivity contribution is -0.122. The molecule has 7 nitrogen and oxygen atoms in total. The first-order valence-corrected chi connectivity index (χ1v) is 11.2. The van der Waals surface area contributed by atoms with Crippen molar-refractivity contribution in [1.29, 1.82) is 0 Å². The van der Waals surface area contributed by atoms with E-state index in [0.717, 1.165) is 18.4 Å². The Hall–Kier alpha value is -2.24. The SMILES string of the molecule is C#CCCC1(CCC(=O)NC2CCCN(S(=O)(=O)Cc3ccccc3)C2)N=N1. The molecule has 1 saturated heterocycles. The highest BCUT2D eigenvalue weighted by Crippen LogP contribution is 2.37. The quantitative estimate of drug-likeness (QED) is 0.643. The first kappa shape index (κ1) is 20.5. The molecule has 2 aliphatic heterocycles. The lowest BCUT2D eigenvalue weighted by atomic mass is 10.0. The van der Waals surface area contributed by atoms with E-state index in [2.05, 4.69) is 21.5 Å². The van der Waals surface area contributed by atoms with Crippen LogP contribution in [-0.4, -0.2) is 43.4 Å². The van der Waals surface area contributed by atoms with Gasteiger partial charge in [0, 0.05) is 44.8 Å². The first-order valence-electron chi connectivity index (χ1n) is 9.61. The van der Waals surface area contributed by atoms with Gasteiger partial charge >= 0.3 is 0 Å². The number of carbonyl (C=O) groups is 1. The Morgan fingerprint density at radius 1 is 1.29 bits per heavy atom. The number of hydrogen-bond donors (Lipinski definition) is 1. The van der Waals surface area contributed by atoms with Crippen LogP contribution in [0.3, 0.4) is 0 Å². The summed E-state index contributed by atoms with van der Waals surface area (Å²) in [4.78, 5) is 12.3. The molecule has 0 bridgehead atoms. The topological polar surface area (TPSA) is 91.2 Å². The Kier molecular flexibility index (Phi) is 6.47. The van der Waals surface area contributed by atoms with Crippen LogP contribution in [0.2, 0.25) is 0 Å². The maximum atomic E-state index is 12.7. The van der Waals surface area contributed by atoms with Crippen LogP contribution in [0.5, 0.6) is 0 Å². The fraction of sp³-hybridized carbons (Fsp3) is 0.550. The van der Waals surface area contributed by atoms with E-state index >= 15 is 0 Å². The van der Waals surface area contributed by atoms with Gasteiger partial charge in [0.1, 0.15) is 0 Å². The molecule has 1 amide bonds. The van der Waals surface area contributed by atoms with Crippen LogP contribution in [0.4, 0.5) is 0 Å². The molecule has 150 valence electrons. The minimum absolute atomic E-state index is 0.0186. The Morgan fingerprint density at radius 2 is 2.04 bits per heavy atom. The van der Waals surface area contributed by atoms with Gasteiger partial charge in [0.15, 0.2) is 5.66 Å². The van der Waals surface area contributed by atoms with Crippen LogP contribution in [0.15, 0.2) is 40.6 Å². The molecule has 1 aromatic rings. The summed E-state index contributed by atoms with van der Waals surface area (Å²) in [7, 11) is -3.41. The number of hydrogen-bond acceptors (Lipinski definition) is 5. The van der Waals surface area contributed by atoms with Crippen molar-refractivity contribution < 1.29 is 13.2 Å². The van der Waals surface area contributed by atoms with Gasteiger partial charge in [-0.1, -0.05) is 30.3 Å². The summed E-state index contributed by atoms with van der Waals surface area (Å²) in [5.74, 6) is 2.46. The van der Waals surface area contributed by atoms with Gasteiger partial charge in [0.05, 0.1) is 5.75 Å². The van der Waals surface area contributed by atoms with Crippen molar-refractivity contribution in [2.75, 3.05) is 13.1 Å². The molecule has 1 aromatic carbocycles. The average molecular weight is 403 g/mol. The van der Waals surface area contributed by atoms with Crippen LogP contribution in [-0.2, 0) is 20.6 Å². The summed E-state index contributed by atoms with van der Waals surface area (Å²) in [5, 5.41) is 11.0. The zero-order valence-corrected chi connectivity index (χ0v) is 16.7. The van der Waals surface area contributed by atoms with Gasteiger partial charge in [-0.05, 0) is 18.4 Å². The third kappa shape index (κ3) is 5.63. The second-order valence-corrected chi connectivity index (χ2v) is 9.36. The zero-order chi connectivity index (χ0) is 20.0. The fourth-order valence-electron chi connectivity index (χ4n) is 3.47. The number of nitrogens with one attached hydrogen (secondary N) is 1. The molecule has 0 aliphatic carbocycles. The lowest BCUT2D eigenvalue weighted by Gasteiger charge is -2.32. The standard InChI is InChI=1S/C20H26N4O3S/c1-2-3-12-20(22-23-20)13-11-19(25)21-18-10-7-14-24(15-18)28(26,27)16-17-8-5-4-6-9-17/h1,4-6,8-9,18H,3,7,10-16H2,(H,21,25). The van der Waals surface area contributed by atoms with Crippen molar-refractivity contribution in [3.8, 4) is 12.3 Å². The van der Waals surface area contributed by atoms with E-state index in [1.54, 1.807) is 0 Å². The van der Waals surface area contributed by atoms with Gasteiger partial charge in [-0.2, -0.15) is 14.5 Å². The zero-order valence-electron chi connectivity index (χ0n) is 15.9. The number of terminal acetylenes is 1. The van der Waals surface area contributed by atoms with Crippen LogP contribution in [0.1, 0.15) is 44.1 Å². The van der Waals surface area contributed by atoms with Crippen LogP contribution >= 0.6 is 0 Å². The summed E-state index contributed by atoms with van der Waals surface area (Å²) < 4.78 is 26.9. The smallest absolute Gasteiger partial charge is 0.220 e. The van der Waals surface area contributed by atoms with E-state index < -0.39 is 15.7 Å². The molecule has 0 aromatic heterocycles. The molecule has 8 heteroatoms. The van der Waals surface area contributed by atoms with Gasteiger partial charge in [0.2, 0.25) is 15.9 Å². The molecule has 0 radical (unpaired) electrons. The highest BCUT2D eigenvalue weighted by atomic mass is 32.2. The van der Waals surface area contributed by atoms with E-state index in [0.29, 0.717) is 38.8 Å². The second-order valence-electron chi connectivity index (χ2n) is 7.39. The molecule has 1 N–H and O–H groups in total. The van der Waals surface area contributed by atoms with E-state index in [4.69, 9.17) is 6.42 Å². The molecular weight excluding hydrogens is 376 g/mol. The van der Waals surface area contributed by atoms with Crippen molar-refractivity contribution >= 4 is 15.9 Å². The molecular formula is C20H26N4O3S. The Balaban J connectivity index is 1.48. The molecule has 0 saturated carbocycles. The Bertz CT molecular complexity index is 855. The largest absolute Gasteiger partial charge is 0.352 e. The molecule has 1 fully saturated rings. The van der Waals surface area contributed by atoms with Crippen LogP contribution in [0.25, 0.3) is 0 Å². The van der Waals surface area contributed by atoms with Gasteiger partial charge < -0.3 is 5.32 Å². The molecule has 0 spiro atoms. The van der Waals surface area contributed by atoms with E-state index in [-0.39, 0.29) is 17.7 Å². The van der Waals surface area contributed by atoms with E-state index in [1.807, 2.05) is 30.3 Å². The number of amides is 1. The monoisotopic (exact) mass is 402 g/mol. The third-order valence-corrected chi connectivity index (χ3v) is 6.96. The molecule has 1 unspecified atom stereocenters. The lowest BCUT2D eigenvalue weighted by Crippen LogP contribution is -2.49. The van der Waals surface area contributed by atoms with Crippen molar-refractivity contribution in [3.63, 3.8) is 0 Å². The normalized spacial score (nSPS) is 21.0. The third-order valence-electron chi connectivity index (χ3n) is 5.14. The minimum Gasteiger partial charge on any atom is -0.352 e. The number of rotatable bonds is 9. The predicted octanol–water partition coefficient (Wildman–Crippen LogP) is 2.45. The molecule has 3 rings (SSSR count). The highest BCUT2D eigenvalue weighted by molar-refractivity contribution is 7.88. The maximum absolute atomic E-state index is 12.7. The first-order chi connectivity index (χ1) is 13.4. The van der Waals surface area contributed by atoms with Crippen molar-refractivity contribution in [3.05, 3.63) is 35.9 Å². The summed E-state index contributed by atoms with van der Waals surface area (Å²) in [5.41, 5.74) is 0.296. The molecule has 1 atom stereocenters. The second kappa shape index (κ2) is 8.84. The van der Waals surface area contributed by atoms with E-state index in [1.165, 1.54) is 4.31 Å². The summed E-state index contributed by atoms with van der Waals surface area (Å²) >= 11 is 0. The number of nitrogens with zero attached hydrogens (tertiary/aromatic N) is 3. The number of benzene rings is 1. The Labute approximate surface area is 166 Å². The minimum atomic E-state index is -3.41. The van der Waals surface area contributed by atoms with Gasteiger partial charge in [-0.25, -0.2) is 8.42 Å². The summed E-state index contributed by atoms with van der Waals surface area (Å²) in [6.07, 6.45) is 8.90. The van der Waals surface area contributed by atoms with Crippen molar-refractivity contribution in [2.45, 2.75) is 56.0 Å². The molecule has 2 aliphatic rings.